The Morgan fingerprint density at radius 1 is 0.914 bits per heavy atom. The molecule has 0 saturated heterocycles. The average molecular weight is 816 g/mol. The number of hydrogen-bond acceptors (Lipinski definition) is 8. The molecule has 4 heterocycles. The van der Waals surface area contributed by atoms with Crippen molar-refractivity contribution in [3.8, 4) is 11.1 Å². The van der Waals surface area contributed by atoms with Gasteiger partial charge in [-0.05, 0) is 76.5 Å². The van der Waals surface area contributed by atoms with Crippen LogP contribution in [0, 0.1) is 6.92 Å². The molecule has 0 radical (unpaired) electrons. The van der Waals surface area contributed by atoms with Crippen molar-refractivity contribution in [3.63, 3.8) is 0 Å². The molecule has 5 N–H and O–H groups in total. The predicted octanol–water partition coefficient (Wildman–Crippen LogP) is 7.64. The van der Waals surface area contributed by atoms with Gasteiger partial charge in [-0.1, -0.05) is 43.3 Å². The first kappa shape index (κ1) is 43.8. The number of aryl methyl sites for hydroxylation is 1. The van der Waals surface area contributed by atoms with Crippen LogP contribution in [0.1, 0.15) is 41.1 Å². The number of nitrogens with one attached hydrogen (secondary N) is 3. The number of carboxylic acids is 2. The minimum atomic E-state index is -5.08. The summed E-state index contributed by atoms with van der Waals surface area (Å²) in [5.41, 5.74) is 6.42. The van der Waals surface area contributed by atoms with E-state index < -0.39 is 36.4 Å². The number of H-pyrrole nitrogens is 1. The second-order valence-electron chi connectivity index (χ2n) is 12.8. The number of benzene rings is 3. The standard InChI is InChI=1S/C35H33N5O4.2C2HF3O2/c1-21-15-24-7-10-29(21)22(2)20-44-35(43)39-27-9-11-30(25-5-4-13-36-18-25)26(16-27)19-40(3)34(42)32(24)38-28-8-6-23-12-14-37-33(41)31(23)17-28;2*3-2(4,5)1(6)7/h4-18,22,32,38H,19-20H2,1-3H3,(H,37,41)(H,39,43);2*(H,6,7)/t22-,32+;;/m0../s1. The predicted molar refractivity (Wildman–Crippen MR) is 199 cm³/mol. The summed E-state index contributed by atoms with van der Waals surface area (Å²) in [4.78, 5) is 66.0. The van der Waals surface area contributed by atoms with Crippen LogP contribution in [0.3, 0.4) is 0 Å². The number of carboxylic acid groups (broad SMARTS) is 2. The lowest BCUT2D eigenvalue weighted by Gasteiger charge is -2.28. The van der Waals surface area contributed by atoms with Crippen molar-refractivity contribution in [1.82, 2.24) is 14.9 Å². The quantitative estimate of drug-likeness (QED) is 0.113. The molecule has 2 aromatic heterocycles. The highest BCUT2D eigenvalue weighted by molar-refractivity contribution is 5.89. The number of aromatic amines is 1. The number of aliphatic carboxylic acids is 2. The average Bonchev–Trinajstić information content (AvgIpc) is 3.16. The molecule has 306 valence electrons. The van der Waals surface area contributed by atoms with E-state index in [9.17, 15) is 40.7 Å². The minimum Gasteiger partial charge on any atom is -0.475 e. The normalized spacial score (nSPS) is 15.8. The molecule has 0 spiro atoms. The number of ether oxygens (including phenoxy) is 1. The van der Waals surface area contributed by atoms with Crippen molar-refractivity contribution < 1.29 is 60.5 Å². The van der Waals surface area contributed by atoms with E-state index in [1.54, 1.807) is 36.6 Å². The molecule has 3 aromatic carbocycles. The Morgan fingerprint density at radius 3 is 2.19 bits per heavy atom. The van der Waals surface area contributed by atoms with E-state index in [-0.39, 0.29) is 30.5 Å². The maximum absolute atomic E-state index is 14.3. The van der Waals surface area contributed by atoms with Crippen molar-refractivity contribution in [2.75, 3.05) is 24.3 Å². The molecule has 13 nitrogen and oxygen atoms in total. The number of pyridine rings is 2. The topological polar surface area (TPSA) is 191 Å². The molecule has 0 fully saturated rings. The van der Waals surface area contributed by atoms with E-state index in [1.807, 2.05) is 80.6 Å². The second-order valence-corrected chi connectivity index (χ2v) is 12.8. The van der Waals surface area contributed by atoms with Gasteiger partial charge in [0.2, 0.25) is 5.91 Å². The summed E-state index contributed by atoms with van der Waals surface area (Å²) >= 11 is 0. The summed E-state index contributed by atoms with van der Waals surface area (Å²) in [5, 5.41) is 21.9. The molecule has 0 aliphatic carbocycles. The number of aromatic nitrogens is 2. The first-order chi connectivity index (χ1) is 27.1. The molecule has 2 aliphatic rings. The van der Waals surface area contributed by atoms with Crippen LogP contribution in [-0.4, -0.2) is 75.0 Å². The van der Waals surface area contributed by atoms with Crippen LogP contribution in [-0.2, 0) is 25.7 Å². The van der Waals surface area contributed by atoms with Crippen molar-refractivity contribution in [2.45, 2.75) is 44.7 Å². The fourth-order valence-corrected chi connectivity index (χ4v) is 5.76. The summed E-state index contributed by atoms with van der Waals surface area (Å²) in [5.74, 6) is -5.74. The highest BCUT2D eigenvalue weighted by Crippen LogP contribution is 2.31. The number of rotatable bonds is 3. The van der Waals surface area contributed by atoms with Gasteiger partial charge < -0.3 is 30.2 Å². The van der Waals surface area contributed by atoms with Crippen molar-refractivity contribution in [2.24, 2.45) is 0 Å². The number of nitrogens with zero attached hydrogens (tertiary/aromatic N) is 2. The number of alkyl halides is 6. The fraction of sp³-hybridized carbons (Fsp3) is 0.231. The van der Waals surface area contributed by atoms with Crippen LogP contribution in [0.5, 0.6) is 0 Å². The Bertz CT molecular complexity index is 2330. The molecular formula is C39H35F6N5O8. The summed E-state index contributed by atoms with van der Waals surface area (Å²) in [6.07, 6.45) is -5.61. The Balaban J connectivity index is 0.000000456. The number of amides is 2. The van der Waals surface area contributed by atoms with Gasteiger partial charge in [-0.15, -0.1) is 0 Å². The number of fused-ring (bicyclic) bond motifs is 10. The third kappa shape index (κ3) is 11.6. The van der Waals surface area contributed by atoms with Crippen LogP contribution >= 0.6 is 0 Å². The smallest absolute Gasteiger partial charge is 0.475 e. The van der Waals surface area contributed by atoms with Crippen LogP contribution in [0.25, 0.3) is 21.9 Å². The Hall–Kier alpha value is -6.92. The first-order valence-electron chi connectivity index (χ1n) is 17.0. The van der Waals surface area contributed by atoms with E-state index >= 15 is 0 Å². The van der Waals surface area contributed by atoms with Crippen molar-refractivity contribution >= 4 is 46.1 Å². The third-order valence-electron chi connectivity index (χ3n) is 8.55. The summed E-state index contributed by atoms with van der Waals surface area (Å²) < 4.78 is 69.1. The number of anilines is 2. The van der Waals surface area contributed by atoms with Gasteiger partial charge in [0.05, 0.1) is 6.61 Å². The van der Waals surface area contributed by atoms with Crippen molar-refractivity contribution in [3.05, 3.63) is 124 Å². The van der Waals surface area contributed by atoms with Gasteiger partial charge in [0.1, 0.15) is 6.04 Å². The Kier molecular flexibility index (Phi) is 13.9. The summed E-state index contributed by atoms with van der Waals surface area (Å²) in [7, 11) is 1.76. The molecule has 58 heavy (non-hydrogen) atoms. The Morgan fingerprint density at radius 2 is 1.59 bits per heavy atom. The lowest BCUT2D eigenvalue weighted by molar-refractivity contribution is -0.193. The minimum absolute atomic E-state index is 0.0665. The molecule has 2 amide bonds. The maximum Gasteiger partial charge on any atom is 0.490 e. The number of hydrogen-bond donors (Lipinski definition) is 5. The number of halogens is 6. The molecule has 2 atom stereocenters. The first-order valence-corrected chi connectivity index (χ1v) is 17.0. The van der Waals surface area contributed by atoms with Gasteiger partial charge in [-0.3, -0.25) is 19.9 Å². The van der Waals surface area contributed by atoms with E-state index in [0.717, 1.165) is 38.8 Å². The van der Waals surface area contributed by atoms with Crippen molar-refractivity contribution in [1.29, 1.82) is 0 Å². The number of carbonyl (C=O) groups excluding carboxylic acids is 2. The lowest BCUT2D eigenvalue weighted by atomic mass is 9.92. The number of carbonyl (C=O) groups is 4. The van der Waals surface area contributed by atoms with Crippen LogP contribution in [0.15, 0.2) is 96.2 Å². The zero-order chi connectivity index (χ0) is 42.9. The monoisotopic (exact) mass is 815 g/mol. The van der Waals surface area contributed by atoms with Crippen LogP contribution < -0.4 is 16.2 Å². The summed E-state index contributed by atoms with van der Waals surface area (Å²) in [6, 6.07) is 21.9. The van der Waals surface area contributed by atoms with E-state index in [4.69, 9.17) is 24.5 Å². The van der Waals surface area contributed by atoms with Crippen LogP contribution in [0.4, 0.5) is 42.5 Å². The van der Waals surface area contributed by atoms with Gasteiger partial charge in [-0.2, -0.15) is 26.3 Å². The SMILES string of the molecule is Cc1cc2ccc1[C@@H](C)COC(=O)Nc1ccc(-c3cccnc3)c(c1)CN(C)C(=O)[C@@H]2Nc1ccc2cc[nH]c(=O)c2c1.O=C(O)C(F)(F)F.O=C(O)C(F)(F)F. The largest absolute Gasteiger partial charge is 0.490 e. The van der Waals surface area contributed by atoms with Crippen LogP contribution in [0.2, 0.25) is 0 Å². The van der Waals surface area contributed by atoms with Gasteiger partial charge >= 0.3 is 30.4 Å². The van der Waals surface area contributed by atoms with Gasteiger partial charge in [0.15, 0.2) is 0 Å². The highest BCUT2D eigenvalue weighted by atomic mass is 19.4. The number of likely N-dealkylation sites (N-methyl/N-ethyl adjacent to an activating group) is 1. The highest BCUT2D eigenvalue weighted by Gasteiger charge is 2.39. The summed E-state index contributed by atoms with van der Waals surface area (Å²) in [6.45, 7) is 4.45. The lowest BCUT2D eigenvalue weighted by Crippen LogP contribution is -2.35. The third-order valence-corrected chi connectivity index (χ3v) is 8.55. The van der Waals surface area contributed by atoms with Gasteiger partial charge in [-0.25, -0.2) is 14.4 Å². The second kappa shape index (κ2) is 18.4. The molecule has 4 bridgehead atoms. The molecule has 5 aromatic rings. The molecule has 0 unspecified atom stereocenters. The van der Waals surface area contributed by atoms with Gasteiger partial charge in [0, 0.05) is 60.4 Å². The molecular weight excluding hydrogens is 780 g/mol. The maximum atomic E-state index is 14.3. The molecule has 7 rings (SSSR count). The fourth-order valence-electron chi connectivity index (χ4n) is 5.76. The zero-order valence-electron chi connectivity index (χ0n) is 30.7. The van der Waals surface area contributed by atoms with E-state index in [2.05, 4.69) is 20.6 Å². The van der Waals surface area contributed by atoms with E-state index in [0.29, 0.717) is 16.8 Å². The zero-order valence-corrected chi connectivity index (χ0v) is 30.7. The Labute approximate surface area is 325 Å². The molecule has 2 aliphatic heterocycles. The van der Waals surface area contributed by atoms with E-state index in [1.165, 1.54) is 0 Å². The van der Waals surface area contributed by atoms with Gasteiger partial charge in [0.25, 0.3) is 5.56 Å². The molecule has 0 saturated carbocycles. The molecule has 19 heteroatoms.